The molecular formula is C22H27NO3. The minimum atomic E-state index is -0.0693. The molecule has 0 spiro atoms. The molecule has 2 rings (SSSR count). The molecule has 2 aromatic rings. The lowest BCUT2D eigenvalue weighted by molar-refractivity contribution is 0.0767. The van der Waals surface area contributed by atoms with Crippen molar-refractivity contribution in [3.8, 4) is 5.75 Å². The number of hydrogen-bond acceptors (Lipinski definition) is 4. The number of nitrogens with two attached hydrogens (primary N) is 1. The molecule has 0 aromatic heterocycles. The standard InChI is InChI=1S/C22H27NO3/c1-4-25-16(3)15-18-7-6-8-22(26-5-2)20(18)13-14-21(24)17-9-11-19(23)12-10-17/h6-14,16H,4-5,15,23H2,1-3H3. The number of hydrogen-bond donors (Lipinski definition) is 1. The second-order valence-corrected chi connectivity index (χ2v) is 6.05. The fourth-order valence-electron chi connectivity index (χ4n) is 2.79. The molecule has 0 aliphatic rings. The summed E-state index contributed by atoms with van der Waals surface area (Å²) in [6.45, 7) is 7.22. The van der Waals surface area contributed by atoms with E-state index in [4.69, 9.17) is 15.2 Å². The molecule has 0 aliphatic heterocycles. The molecule has 0 saturated carbocycles. The largest absolute Gasteiger partial charge is 0.493 e. The zero-order valence-electron chi connectivity index (χ0n) is 15.7. The van der Waals surface area contributed by atoms with E-state index in [1.807, 2.05) is 45.0 Å². The number of allylic oxidation sites excluding steroid dienone is 1. The molecule has 26 heavy (non-hydrogen) atoms. The Morgan fingerprint density at radius 1 is 1.12 bits per heavy atom. The predicted molar refractivity (Wildman–Crippen MR) is 107 cm³/mol. The molecule has 1 unspecified atom stereocenters. The molecule has 4 nitrogen and oxygen atoms in total. The lowest BCUT2D eigenvalue weighted by Gasteiger charge is -2.16. The third-order valence-electron chi connectivity index (χ3n) is 4.01. The Hall–Kier alpha value is -2.59. The number of ketones is 1. The van der Waals surface area contributed by atoms with E-state index >= 15 is 0 Å². The average Bonchev–Trinajstić information content (AvgIpc) is 2.62. The van der Waals surface area contributed by atoms with Gasteiger partial charge in [-0.1, -0.05) is 12.1 Å². The van der Waals surface area contributed by atoms with E-state index in [-0.39, 0.29) is 11.9 Å². The highest BCUT2D eigenvalue weighted by Crippen LogP contribution is 2.26. The van der Waals surface area contributed by atoms with E-state index in [0.717, 1.165) is 23.3 Å². The summed E-state index contributed by atoms with van der Waals surface area (Å²) in [6, 6.07) is 12.9. The van der Waals surface area contributed by atoms with Gasteiger partial charge in [0, 0.05) is 23.4 Å². The Morgan fingerprint density at radius 2 is 1.85 bits per heavy atom. The molecule has 4 heteroatoms. The highest BCUT2D eigenvalue weighted by atomic mass is 16.5. The fourth-order valence-corrected chi connectivity index (χ4v) is 2.79. The van der Waals surface area contributed by atoms with Crippen molar-refractivity contribution in [3.05, 3.63) is 65.2 Å². The van der Waals surface area contributed by atoms with Crippen molar-refractivity contribution in [2.24, 2.45) is 0 Å². The summed E-state index contributed by atoms with van der Waals surface area (Å²) in [5.41, 5.74) is 8.94. The topological polar surface area (TPSA) is 61.5 Å². The molecule has 0 fully saturated rings. The first-order chi connectivity index (χ1) is 12.5. The summed E-state index contributed by atoms with van der Waals surface area (Å²) >= 11 is 0. The van der Waals surface area contributed by atoms with Crippen LogP contribution in [0.5, 0.6) is 5.75 Å². The Kier molecular flexibility index (Phi) is 7.42. The summed E-state index contributed by atoms with van der Waals surface area (Å²) in [7, 11) is 0. The van der Waals surface area contributed by atoms with Crippen LogP contribution < -0.4 is 10.5 Å². The van der Waals surface area contributed by atoms with Gasteiger partial charge in [-0.15, -0.1) is 0 Å². The minimum Gasteiger partial charge on any atom is -0.493 e. The van der Waals surface area contributed by atoms with Crippen molar-refractivity contribution < 1.29 is 14.3 Å². The van der Waals surface area contributed by atoms with Crippen LogP contribution in [0.1, 0.15) is 42.3 Å². The first-order valence-electron chi connectivity index (χ1n) is 8.99. The molecule has 0 amide bonds. The zero-order valence-corrected chi connectivity index (χ0v) is 15.7. The third-order valence-corrected chi connectivity index (χ3v) is 4.01. The van der Waals surface area contributed by atoms with Crippen LogP contribution >= 0.6 is 0 Å². The number of nitrogen functional groups attached to an aromatic ring is 1. The van der Waals surface area contributed by atoms with Gasteiger partial charge in [0.25, 0.3) is 0 Å². The van der Waals surface area contributed by atoms with Crippen LogP contribution in [-0.4, -0.2) is 25.1 Å². The SMILES string of the molecule is CCOc1cccc(CC(C)OCC)c1C=CC(=O)c1ccc(N)cc1. The lowest BCUT2D eigenvalue weighted by atomic mass is 9.99. The number of carbonyl (C=O) groups excluding carboxylic acids is 1. The van der Waals surface area contributed by atoms with E-state index in [2.05, 4.69) is 0 Å². The molecule has 0 saturated heterocycles. The average molecular weight is 353 g/mol. The van der Waals surface area contributed by atoms with Gasteiger partial charge in [0.15, 0.2) is 5.78 Å². The lowest BCUT2D eigenvalue weighted by Crippen LogP contribution is -2.12. The smallest absolute Gasteiger partial charge is 0.185 e. The maximum absolute atomic E-state index is 12.4. The van der Waals surface area contributed by atoms with E-state index in [0.29, 0.717) is 24.5 Å². The van der Waals surface area contributed by atoms with Crippen LogP contribution in [0.3, 0.4) is 0 Å². The molecular weight excluding hydrogens is 326 g/mol. The summed E-state index contributed by atoms with van der Waals surface area (Å²) in [5.74, 6) is 0.704. The van der Waals surface area contributed by atoms with Crippen LogP contribution in [0, 0.1) is 0 Å². The Labute approximate surface area is 155 Å². The van der Waals surface area contributed by atoms with Crippen molar-refractivity contribution >= 4 is 17.5 Å². The molecule has 138 valence electrons. The van der Waals surface area contributed by atoms with Gasteiger partial charge in [0.1, 0.15) is 5.75 Å². The molecule has 0 heterocycles. The highest BCUT2D eigenvalue weighted by molar-refractivity contribution is 6.07. The zero-order chi connectivity index (χ0) is 18.9. The molecule has 0 aliphatic carbocycles. The van der Waals surface area contributed by atoms with Crippen LogP contribution in [0.25, 0.3) is 6.08 Å². The third kappa shape index (κ3) is 5.46. The van der Waals surface area contributed by atoms with Crippen molar-refractivity contribution in [1.82, 2.24) is 0 Å². The van der Waals surface area contributed by atoms with Crippen molar-refractivity contribution in [2.45, 2.75) is 33.3 Å². The van der Waals surface area contributed by atoms with Gasteiger partial charge in [-0.25, -0.2) is 0 Å². The second-order valence-electron chi connectivity index (χ2n) is 6.05. The van der Waals surface area contributed by atoms with Crippen LogP contribution in [0.15, 0.2) is 48.5 Å². The van der Waals surface area contributed by atoms with Crippen LogP contribution in [0.2, 0.25) is 0 Å². The number of rotatable bonds is 9. The fraction of sp³-hybridized carbons (Fsp3) is 0.318. The predicted octanol–water partition coefficient (Wildman–Crippen LogP) is 4.53. The van der Waals surface area contributed by atoms with Gasteiger partial charge < -0.3 is 15.2 Å². The Bertz CT molecular complexity index is 750. The first-order valence-corrected chi connectivity index (χ1v) is 8.99. The van der Waals surface area contributed by atoms with Gasteiger partial charge in [0.2, 0.25) is 0 Å². The van der Waals surface area contributed by atoms with Gasteiger partial charge in [0.05, 0.1) is 12.7 Å². The molecule has 0 radical (unpaired) electrons. The number of carbonyl (C=O) groups is 1. The van der Waals surface area contributed by atoms with E-state index in [1.165, 1.54) is 0 Å². The highest BCUT2D eigenvalue weighted by Gasteiger charge is 2.11. The Balaban J connectivity index is 2.29. The number of ether oxygens (including phenoxy) is 2. The quantitative estimate of drug-likeness (QED) is 0.409. The number of anilines is 1. The summed E-state index contributed by atoms with van der Waals surface area (Å²) in [6.07, 6.45) is 4.26. The van der Waals surface area contributed by atoms with Crippen LogP contribution in [0.4, 0.5) is 5.69 Å². The first kappa shape index (κ1) is 19.7. The minimum absolute atomic E-state index is 0.0693. The van der Waals surface area contributed by atoms with Gasteiger partial charge in [-0.05, 0) is 75.2 Å². The maximum Gasteiger partial charge on any atom is 0.185 e. The monoisotopic (exact) mass is 353 g/mol. The van der Waals surface area contributed by atoms with Gasteiger partial charge in [-0.3, -0.25) is 4.79 Å². The summed E-state index contributed by atoms with van der Waals surface area (Å²) < 4.78 is 11.4. The normalized spacial score (nSPS) is 12.3. The van der Waals surface area contributed by atoms with Crippen molar-refractivity contribution in [1.29, 1.82) is 0 Å². The summed E-state index contributed by atoms with van der Waals surface area (Å²) in [4.78, 5) is 12.4. The Morgan fingerprint density at radius 3 is 2.50 bits per heavy atom. The second kappa shape index (κ2) is 9.78. The van der Waals surface area contributed by atoms with E-state index in [1.54, 1.807) is 30.3 Å². The number of benzene rings is 2. The van der Waals surface area contributed by atoms with Crippen LogP contribution in [-0.2, 0) is 11.2 Å². The molecule has 2 aromatic carbocycles. The van der Waals surface area contributed by atoms with E-state index < -0.39 is 0 Å². The maximum atomic E-state index is 12.4. The molecule has 1 atom stereocenters. The molecule has 2 N–H and O–H groups in total. The summed E-state index contributed by atoms with van der Waals surface area (Å²) in [5, 5.41) is 0. The van der Waals surface area contributed by atoms with E-state index in [9.17, 15) is 4.79 Å². The van der Waals surface area contributed by atoms with Gasteiger partial charge in [-0.2, -0.15) is 0 Å². The molecule has 0 bridgehead atoms. The van der Waals surface area contributed by atoms with Gasteiger partial charge >= 0.3 is 0 Å². The van der Waals surface area contributed by atoms with Crippen molar-refractivity contribution in [3.63, 3.8) is 0 Å². The van der Waals surface area contributed by atoms with Crippen molar-refractivity contribution in [2.75, 3.05) is 18.9 Å².